The molecule has 0 aliphatic heterocycles. The topological polar surface area (TPSA) is 99.5 Å². The summed E-state index contributed by atoms with van der Waals surface area (Å²) in [6.07, 6.45) is -4.49. The fourth-order valence-electron chi connectivity index (χ4n) is 2.58. The molecule has 2 aromatic carbocycles. The van der Waals surface area contributed by atoms with Crippen molar-refractivity contribution in [3.8, 4) is 6.07 Å². The predicted octanol–water partition coefficient (Wildman–Crippen LogP) is 6.02. The zero-order chi connectivity index (χ0) is 21.0. The number of hydrogen-bond donors (Lipinski definition) is 2. The Kier molecular flexibility index (Phi) is 5.45. The average Bonchev–Trinajstić information content (AvgIpc) is 2.68. The van der Waals surface area contributed by atoms with Gasteiger partial charge in [0.2, 0.25) is 0 Å². The van der Waals surface area contributed by atoms with Crippen LogP contribution < -0.4 is 11.1 Å². The van der Waals surface area contributed by atoms with Gasteiger partial charge in [0.05, 0.1) is 16.8 Å². The number of benzene rings is 2. The summed E-state index contributed by atoms with van der Waals surface area (Å²) < 4.78 is 38.5. The number of alkyl halides is 3. The lowest BCUT2D eigenvalue weighted by Crippen LogP contribution is -2.04. The fourth-order valence-corrected chi connectivity index (χ4v) is 2.58. The summed E-state index contributed by atoms with van der Waals surface area (Å²) in [5.41, 5.74) is 6.60. The van der Waals surface area contributed by atoms with Crippen molar-refractivity contribution in [3.05, 3.63) is 71.3 Å². The highest BCUT2D eigenvalue weighted by Gasteiger charge is 2.30. The number of rotatable bonds is 4. The molecule has 0 radical (unpaired) electrons. The van der Waals surface area contributed by atoms with Gasteiger partial charge in [-0.1, -0.05) is 24.3 Å². The number of anilines is 3. The number of nitriles is 1. The summed E-state index contributed by atoms with van der Waals surface area (Å²) in [5, 5.41) is 20.3. The van der Waals surface area contributed by atoms with Crippen LogP contribution in [0.1, 0.15) is 16.7 Å². The van der Waals surface area contributed by atoms with Crippen LogP contribution in [0, 0.1) is 18.3 Å². The van der Waals surface area contributed by atoms with Crippen LogP contribution >= 0.6 is 0 Å². The van der Waals surface area contributed by atoms with Gasteiger partial charge in [0.15, 0.2) is 11.6 Å². The van der Waals surface area contributed by atoms with E-state index >= 15 is 0 Å². The number of nitrogens with two attached hydrogens (primary N) is 1. The fraction of sp³-hybridized carbons (Fsp3) is 0.100. The van der Waals surface area contributed by atoms with Crippen molar-refractivity contribution in [2.24, 2.45) is 10.2 Å². The third-order valence-electron chi connectivity index (χ3n) is 4.03. The van der Waals surface area contributed by atoms with Gasteiger partial charge in [-0.25, -0.2) is 4.98 Å². The normalized spacial score (nSPS) is 11.4. The molecule has 0 saturated heterocycles. The number of nitrogen functional groups attached to an aromatic ring is 1. The molecule has 3 rings (SSSR count). The highest BCUT2D eigenvalue weighted by molar-refractivity contribution is 5.75. The Morgan fingerprint density at radius 1 is 1.07 bits per heavy atom. The van der Waals surface area contributed by atoms with E-state index in [4.69, 9.17) is 5.73 Å². The zero-order valence-electron chi connectivity index (χ0n) is 15.2. The van der Waals surface area contributed by atoms with Crippen LogP contribution in [0.15, 0.2) is 64.8 Å². The predicted molar refractivity (Wildman–Crippen MR) is 103 cm³/mol. The van der Waals surface area contributed by atoms with Crippen LogP contribution in [-0.4, -0.2) is 4.98 Å². The molecule has 0 aliphatic rings. The van der Waals surface area contributed by atoms with Gasteiger partial charge in [-0.15, -0.1) is 5.11 Å². The van der Waals surface area contributed by atoms with Crippen LogP contribution in [0.3, 0.4) is 0 Å². The lowest BCUT2D eigenvalue weighted by molar-refractivity contribution is -0.137. The Morgan fingerprint density at radius 3 is 2.45 bits per heavy atom. The van der Waals surface area contributed by atoms with Gasteiger partial charge in [0.25, 0.3) is 0 Å². The number of nitrogens with one attached hydrogen (secondary N) is 1. The number of para-hydroxylation sites is 1. The molecule has 0 bridgehead atoms. The SMILES string of the molecule is Cc1c(C#N)c(Nc2ccccc2)nc(N)c1/N=N/c1cccc(C(F)(F)F)c1. The summed E-state index contributed by atoms with van der Waals surface area (Å²) in [5.74, 6) is 0.252. The van der Waals surface area contributed by atoms with Crippen molar-refractivity contribution in [3.63, 3.8) is 0 Å². The second kappa shape index (κ2) is 7.98. The van der Waals surface area contributed by atoms with E-state index in [1.165, 1.54) is 12.1 Å². The van der Waals surface area contributed by atoms with E-state index in [0.29, 0.717) is 11.3 Å². The van der Waals surface area contributed by atoms with Crippen molar-refractivity contribution in [1.29, 1.82) is 5.26 Å². The first kappa shape index (κ1) is 19.8. The monoisotopic (exact) mass is 396 g/mol. The number of nitrogens with zero attached hydrogens (tertiary/aromatic N) is 4. The largest absolute Gasteiger partial charge is 0.416 e. The molecule has 3 aromatic rings. The molecule has 29 heavy (non-hydrogen) atoms. The van der Waals surface area contributed by atoms with Crippen molar-refractivity contribution in [2.75, 3.05) is 11.1 Å². The minimum atomic E-state index is -4.49. The molecule has 0 aliphatic carbocycles. The summed E-state index contributed by atoms with van der Waals surface area (Å²) in [6.45, 7) is 1.62. The Balaban J connectivity index is 1.97. The third kappa shape index (κ3) is 4.50. The molecule has 0 saturated carbocycles. The zero-order valence-corrected chi connectivity index (χ0v) is 15.2. The van der Waals surface area contributed by atoms with Crippen molar-refractivity contribution >= 4 is 28.7 Å². The minimum Gasteiger partial charge on any atom is -0.382 e. The molecule has 0 fully saturated rings. The molecule has 146 valence electrons. The lowest BCUT2D eigenvalue weighted by atomic mass is 10.1. The molecule has 0 amide bonds. The first-order valence-electron chi connectivity index (χ1n) is 8.41. The lowest BCUT2D eigenvalue weighted by Gasteiger charge is -2.12. The highest BCUT2D eigenvalue weighted by atomic mass is 19.4. The third-order valence-corrected chi connectivity index (χ3v) is 4.03. The van der Waals surface area contributed by atoms with E-state index in [1.807, 2.05) is 24.3 Å². The van der Waals surface area contributed by atoms with E-state index in [-0.39, 0.29) is 28.6 Å². The molecular weight excluding hydrogens is 381 g/mol. The van der Waals surface area contributed by atoms with Crippen LogP contribution in [0.2, 0.25) is 0 Å². The van der Waals surface area contributed by atoms with Crippen molar-refractivity contribution in [1.82, 2.24) is 4.98 Å². The Bertz CT molecular complexity index is 1100. The summed E-state index contributed by atoms with van der Waals surface area (Å²) in [4.78, 5) is 4.18. The smallest absolute Gasteiger partial charge is 0.382 e. The number of hydrogen-bond acceptors (Lipinski definition) is 6. The summed E-state index contributed by atoms with van der Waals surface area (Å²) in [6, 6.07) is 15.6. The average molecular weight is 396 g/mol. The van der Waals surface area contributed by atoms with Gasteiger partial charge in [0.1, 0.15) is 11.8 Å². The number of azo groups is 1. The first-order valence-corrected chi connectivity index (χ1v) is 8.41. The second-order valence-corrected chi connectivity index (χ2v) is 6.05. The van der Waals surface area contributed by atoms with Crippen LogP contribution in [-0.2, 0) is 6.18 Å². The molecule has 0 spiro atoms. The van der Waals surface area contributed by atoms with Gasteiger partial charge in [0, 0.05) is 11.3 Å². The van der Waals surface area contributed by atoms with Gasteiger partial charge >= 0.3 is 6.18 Å². The molecule has 0 unspecified atom stereocenters. The second-order valence-electron chi connectivity index (χ2n) is 6.05. The molecule has 9 heteroatoms. The van der Waals surface area contributed by atoms with Crippen molar-refractivity contribution < 1.29 is 13.2 Å². The Hall–Kier alpha value is -3.93. The molecule has 6 nitrogen and oxygen atoms in total. The standard InChI is InChI=1S/C20H15F3N6/c1-12-16(11-24)19(26-14-7-3-2-4-8-14)27-18(25)17(12)29-28-15-9-5-6-13(10-15)20(21,22)23/h2-10H,1H3,(H3,25,26,27)/b29-28+. The van der Waals surface area contributed by atoms with E-state index in [9.17, 15) is 18.4 Å². The van der Waals surface area contributed by atoms with E-state index < -0.39 is 11.7 Å². The number of aromatic nitrogens is 1. The van der Waals surface area contributed by atoms with E-state index in [0.717, 1.165) is 12.1 Å². The van der Waals surface area contributed by atoms with Gasteiger partial charge < -0.3 is 11.1 Å². The van der Waals surface area contributed by atoms with E-state index in [2.05, 4.69) is 20.5 Å². The quantitative estimate of drug-likeness (QED) is 0.527. The molecular formula is C20H15F3N6. The molecule has 0 atom stereocenters. The summed E-state index contributed by atoms with van der Waals surface area (Å²) in [7, 11) is 0. The van der Waals surface area contributed by atoms with E-state index in [1.54, 1.807) is 19.1 Å². The highest BCUT2D eigenvalue weighted by Crippen LogP contribution is 2.35. The Morgan fingerprint density at radius 2 is 1.79 bits per heavy atom. The van der Waals surface area contributed by atoms with Crippen LogP contribution in [0.5, 0.6) is 0 Å². The molecule has 3 N–H and O–H groups in total. The van der Waals surface area contributed by atoms with Crippen LogP contribution in [0.4, 0.5) is 41.9 Å². The molecule has 1 aromatic heterocycles. The number of pyridine rings is 1. The summed E-state index contributed by atoms with van der Waals surface area (Å²) >= 11 is 0. The maximum atomic E-state index is 12.8. The first-order chi connectivity index (χ1) is 13.8. The number of halogens is 3. The maximum absolute atomic E-state index is 12.8. The molecule has 1 heterocycles. The van der Waals surface area contributed by atoms with Crippen LogP contribution in [0.25, 0.3) is 0 Å². The minimum absolute atomic E-state index is 0.00335. The van der Waals surface area contributed by atoms with Gasteiger partial charge in [-0.05, 0) is 37.3 Å². The van der Waals surface area contributed by atoms with Crippen molar-refractivity contribution in [2.45, 2.75) is 13.1 Å². The van der Waals surface area contributed by atoms with Gasteiger partial charge in [-0.2, -0.15) is 23.5 Å². The Labute approximate surface area is 164 Å². The maximum Gasteiger partial charge on any atom is 0.416 e. The van der Waals surface area contributed by atoms with Gasteiger partial charge in [-0.3, -0.25) is 0 Å².